The molecule has 2 unspecified atom stereocenters. The summed E-state index contributed by atoms with van der Waals surface area (Å²) < 4.78 is 0. The van der Waals surface area contributed by atoms with Crippen molar-refractivity contribution >= 4 is 11.8 Å². The normalized spacial score (nSPS) is 22.2. The number of rotatable bonds is 3. The fourth-order valence-corrected chi connectivity index (χ4v) is 2.11. The Bertz CT molecular complexity index is 315. The van der Waals surface area contributed by atoms with Crippen LogP contribution in [-0.4, -0.2) is 36.0 Å². The highest BCUT2D eigenvalue weighted by Crippen LogP contribution is 2.08. The van der Waals surface area contributed by atoms with E-state index in [-0.39, 0.29) is 23.4 Å². The van der Waals surface area contributed by atoms with Crippen molar-refractivity contribution in [3.05, 3.63) is 0 Å². The maximum atomic E-state index is 12.1. The minimum Gasteiger partial charge on any atom is -0.350 e. The Hall–Kier alpha value is -1.10. The van der Waals surface area contributed by atoms with Crippen molar-refractivity contribution in [2.75, 3.05) is 6.54 Å². The molecule has 1 aliphatic rings. The largest absolute Gasteiger partial charge is 0.350 e. The van der Waals surface area contributed by atoms with Crippen molar-refractivity contribution < 1.29 is 9.59 Å². The predicted molar refractivity (Wildman–Crippen MR) is 75.8 cm³/mol. The lowest BCUT2D eigenvalue weighted by atomic mass is 10.1. The molecule has 0 aliphatic carbocycles. The number of carbonyl (C=O) groups excluding carboxylic acids is 2. The molecule has 5 nitrogen and oxygen atoms in total. The molecule has 0 aromatic carbocycles. The van der Waals surface area contributed by atoms with Gasteiger partial charge in [-0.2, -0.15) is 0 Å². The molecule has 0 saturated carbocycles. The van der Waals surface area contributed by atoms with E-state index < -0.39 is 6.04 Å². The van der Waals surface area contributed by atoms with E-state index in [1.54, 1.807) is 6.92 Å². The first-order valence-electron chi connectivity index (χ1n) is 7.15. The Morgan fingerprint density at radius 2 is 1.89 bits per heavy atom. The quantitative estimate of drug-likeness (QED) is 0.714. The van der Waals surface area contributed by atoms with Crippen LogP contribution >= 0.6 is 0 Å². The summed E-state index contributed by atoms with van der Waals surface area (Å²) in [6, 6.07) is -0.663. The third-order valence-electron chi connectivity index (χ3n) is 3.13. The van der Waals surface area contributed by atoms with Gasteiger partial charge in [-0.1, -0.05) is 12.8 Å². The average molecular weight is 269 g/mol. The average Bonchev–Trinajstić information content (AvgIpc) is 2.54. The number of hydrogen-bond acceptors (Lipinski definition) is 3. The fourth-order valence-electron chi connectivity index (χ4n) is 2.11. The lowest BCUT2D eigenvalue weighted by Gasteiger charge is -2.25. The smallest absolute Gasteiger partial charge is 0.242 e. The third-order valence-corrected chi connectivity index (χ3v) is 3.13. The zero-order valence-electron chi connectivity index (χ0n) is 12.5. The molecule has 1 fully saturated rings. The molecule has 5 heteroatoms. The van der Waals surface area contributed by atoms with Crippen LogP contribution in [0.1, 0.15) is 53.4 Å². The molecular weight excluding hydrogens is 242 g/mol. The Labute approximate surface area is 115 Å². The van der Waals surface area contributed by atoms with E-state index in [2.05, 4.69) is 16.0 Å². The summed E-state index contributed by atoms with van der Waals surface area (Å²) in [6.45, 7) is 8.36. The van der Waals surface area contributed by atoms with Gasteiger partial charge in [-0.3, -0.25) is 9.59 Å². The molecule has 19 heavy (non-hydrogen) atoms. The molecule has 1 heterocycles. The van der Waals surface area contributed by atoms with Gasteiger partial charge >= 0.3 is 0 Å². The third kappa shape index (κ3) is 6.05. The van der Waals surface area contributed by atoms with Crippen molar-refractivity contribution in [3.8, 4) is 0 Å². The highest BCUT2D eigenvalue weighted by molar-refractivity contribution is 5.89. The van der Waals surface area contributed by atoms with E-state index in [0.29, 0.717) is 0 Å². The van der Waals surface area contributed by atoms with Gasteiger partial charge in [-0.15, -0.1) is 0 Å². The number of nitrogens with one attached hydrogen (secondary N) is 3. The van der Waals surface area contributed by atoms with Crippen molar-refractivity contribution in [2.45, 2.75) is 71.0 Å². The van der Waals surface area contributed by atoms with E-state index in [1.807, 2.05) is 20.8 Å². The van der Waals surface area contributed by atoms with Crippen LogP contribution in [0.25, 0.3) is 0 Å². The minimum atomic E-state index is -0.503. The number of amides is 2. The Morgan fingerprint density at radius 3 is 2.53 bits per heavy atom. The minimum absolute atomic E-state index is 0.0709. The van der Waals surface area contributed by atoms with Crippen LogP contribution in [-0.2, 0) is 9.59 Å². The van der Waals surface area contributed by atoms with Gasteiger partial charge in [0.2, 0.25) is 11.8 Å². The van der Waals surface area contributed by atoms with Gasteiger partial charge < -0.3 is 16.0 Å². The maximum Gasteiger partial charge on any atom is 0.242 e. The molecule has 3 N–H and O–H groups in total. The summed E-state index contributed by atoms with van der Waals surface area (Å²) in [6.07, 6.45) is 4.19. The predicted octanol–water partition coefficient (Wildman–Crippen LogP) is 0.938. The van der Waals surface area contributed by atoms with Gasteiger partial charge in [0.25, 0.3) is 0 Å². The summed E-state index contributed by atoms with van der Waals surface area (Å²) in [4.78, 5) is 24.0. The number of hydrogen-bond donors (Lipinski definition) is 3. The summed E-state index contributed by atoms with van der Waals surface area (Å²) in [5.74, 6) is -0.215. The second-order valence-corrected chi connectivity index (χ2v) is 6.33. The van der Waals surface area contributed by atoms with Crippen molar-refractivity contribution in [1.29, 1.82) is 0 Å². The molecule has 0 aromatic heterocycles. The molecule has 110 valence electrons. The van der Waals surface area contributed by atoms with Gasteiger partial charge in [0, 0.05) is 5.54 Å². The van der Waals surface area contributed by atoms with Crippen LogP contribution in [0.2, 0.25) is 0 Å². The van der Waals surface area contributed by atoms with Crippen LogP contribution < -0.4 is 16.0 Å². The molecule has 2 atom stereocenters. The Balaban J connectivity index is 2.44. The second-order valence-electron chi connectivity index (χ2n) is 6.33. The molecule has 1 saturated heterocycles. The molecule has 1 rings (SSSR count). The molecule has 2 amide bonds. The zero-order valence-corrected chi connectivity index (χ0v) is 12.5. The molecule has 1 aliphatic heterocycles. The topological polar surface area (TPSA) is 70.2 Å². The summed E-state index contributed by atoms with van der Waals surface area (Å²) >= 11 is 0. The maximum absolute atomic E-state index is 12.1. The van der Waals surface area contributed by atoms with Crippen molar-refractivity contribution in [3.63, 3.8) is 0 Å². The number of carbonyl (C=O) groups is 2. The highest BCUT2D eigenvalue weighted by Gasteiger charge is 2.24. The lowest BCUT2D eigenvalue weighted by Crippen LogP contribution is -2.54. The van der Waals surface area contributed by atoms with Gasteiger partial charge in [-0.05, 0) is 47.1 Å². The monoisotopic (exact) mass is 269 g/mol. The van der Waals surface area contributed by atoms with Crippen LogP contribution in [0.4, 0.5) is 0 Å². The standard InChI is InChI=1S/C14H27N3O2/c1-10(12(18)17-14(2,3)4)16-13(19)11-8-6-5-7-9-15-11/h10-11,15H,5-9H2,1-4H3,(H,16,19)(H,17,18). The molecule has 0 radical (unpaired) electrons. The first-order chi connectivity index (χ1) is 8.79. The summed E-state index contributed by atoms with van der Waals surface area (Å²) in [5.41, 5.74) is -0.281. The Kier molecular flexibility index (Phi) is 5.79. The van der Waals surface area contributed by atoms with Gasteiger partial charge in [-0.25, -0.2) is 0 Å². The first kappa shape index (κ1) is 16.0. The van der Waals surface area contributed by atoms with E-state index in [0.717, 1.165) is 32.2 Å². The van der Waals surface area contributed by atoms with Crippen molar-refractivity contribution in [2.24, 2.45) is 0 Å². The molecular formula is C14H27N3O2. The van der Waals surface area contributed by atoms with Crippen molar-refractivity contribution in [1.82, 2.24) is 16.0 Å². The SMILES string of the molecule is CC(NC(=O)C1CCCCCN1)C(=O)NC(C)(C)C. The first-order valence-corrected chi connectivity index (χ1v) is 7.15. The lowest BCUT2D eigenvalue weighted by molar-refractivity contribution is -0.130. The van der Waals surface area contributed by atoms with Gasteiger partial charge in [0.15, 0.2) is 0 Å². The van der Waals surface area contributed by atoms with E-state index in [1.165, 1.54) is 0 Å². The molecule has 0 spiro atoms. The van der Waals surface area contributed by atoms with E-state index in [4.69, 9.17) is 0 Å². The van der Waals surface area contributed by atoms with Crippen LogP contribution in [0, 0.1) is 0 Å². The second kappa shape index (κ2) is 6.89. The van der Waals surface area contributed by atoms with Crippen LogP contribution in [0.15, 0.2) is 0 Å². The fraction of sp³-hybridized carbons (Fsp3) is 0.857. The van der Waals surface area contributed by atoms with E-state index >= 15 is 0 Å². The van der Waals surface area contributed by atoms with Crippen LogP contribution in [0.5, 0.6) is 0 Å². The molecule has 0 aromatic rings. The molecule has 0 bridgehead atoms. The van der Waals surface area contributed by atoms with Gasteiger partial charge in [0.1, 0.15) is 6.04 Å². The van der Waals surface area contributed by atoms with Gasteiger partial charge in [0.05, 0.1) is 6.04 Å². The Morgan fingerprint density at radius 1 is 1.21 bits per heavy atom. The zero-order chi connectivity index (χ0) is 14.5. The summed E-state index contributed by atoms with van der Waals surface area (Å²) in [5, 5.41) is 8.88. The summed E-state index contributed by atoms with van der Waals surface area (Å²) in [7, 11) is 0. The van der Waals surface area contributed by atoms with Crippen LogP contribution in [0.3, 0.4) is 0 Å². The van der Waals surface area contributed by atoms with E-state index in [9.17, 15) is 9.59 Å². The highest BCUT2D eigenvalue weighted by atomic mass is 16.2.